The quantitative estimate of drug-likeness (QED) is 0.747. The third kappa shape index (κ3) is 2.92. The molecule has 0 aromatic carbocycles. The van der Waals surface area contributed by atoms with Gasteiger partial charge < -0.3 is 10.2 Å². The van der Waals surface area contributed by atoms with Crippen molar-refractivity contribution in [3.8, 4) is 0 Å². The van der Waals surface area contributed by atoms with Gasteiger partial charge >= 0.3 is 0 Å². The molecular formula is C16H17N7O2S. The maximum absolute atomic E-state index is 12.9. The van der Waals surface area contributed by atoms with Crippen molar-refractivity contribution in [1.29, 1.82) is 0 Å². The molecule has 0 radical (unpaired) electrons. The summed E-state index contributed by atoms with van der Waals surface area (Å²) in [5.41, 5.74) is 1.65. The van der Waals surface area contributed by atoms with Crippen LogP contribution in [0.25, 0.3) is 5.78 Å². The topological polar surface area (TPSA) is 105 Å². The van der Waals surface area contributed by atoms with Crippen LogP contribution in [0.5, 0.6) is 0 Å². The normalized spacial score (nSPS) is 17.0. The first kappa shape index (κ1) is 16.6. The minimum atomic E-state index is -0.547. The number of carbonyl (C=O) groups excluding carboxylic acids is 2. The Balaban J connectivity index is 1.58. The van der Waals surface area contributed by atoms with Crippen LogP contribution in [-0.4, -0.2) is 53.9 Å². The van der Waals surface area contributed by atoms with Gasteiger partial charge in [-0.3, -0.25) is 9.59 Å². The fourth-order valence-electron chi connectivity index (χ4n) is 3.14. The van der Waals surface area contributed by atoms with Crippen LogP contribution >= 0.6 is 11.3 Å². The van der Waals surface area contributed by atoms with Gasteiger partial charge in [0.1, 0.15) is 6.04 Å². The molecule has 10 heteroatoms. The highest BCUT2D eigenvalue weighted by molar-refractivity contribution is 7.13. The number of amides is 2. The highest BCUT2D eigenvalue weighted by Crippen LogP contribution is 2.22. The molecule has 3 aromatic heterocycles. The van der Waals surface area contributed by atoms with Gasteiger partial charge in [-0.1, -0.05) is 0 Å². The summed E-state index contributed by atoms with van der Waals surface area (Å²) >= 11 is 1.34. The SMILES string of the molecule is Cc1cc(C)n2nc(C(=O)N3CCCC3C(=O)Nc3nccs3)nc2n1. The highest BCUT2D eigenvalue weighted by atomic mass is 32.1. The van der Waals surface area contributed by atoms with E-state index in [1.54, 1.807) is 16.1 Å². The minimum absolute atomic E-state index is 0.0557. The van der Waals surface area contributed by atoms with Crippen LogP contribution in [0.15, 0.2) is 17.6 Å². The van der Waals surface area contributed by atoms with E-state index < -0.39 is 6.04 Å². The monoisotopic (exact) mass is 371 g/mol. The molecule has 9 nitrogen and oxygen atoms in total. The van der Waals surface area contributed by atoms with Crippen LogP contribution in [-0.2, 0) is 4.79 Å². The van der Waals surface area contributed by atoms with Gasteiger partial charge in [0, 0.05) is 29.5 Å². The molecule has 0 aliphatic carbocycles. The zero-order chi connectivity index (χ0) is 18.3. The maximum atomic E-state index is 12.9. The lowest BCUT2D eigenvalue weighted by molar-refractivity contribution is -0.119. The van der Waals surface area contributed by atoms with E-state index in [0.717, 1.165) is 17.8 Å². The second-order valence-electron chi connectivity index (χ2n) is 6.17. The van der Waals surface area contributed by atoms with Gasteiger partial charge in [-0.2, -0.15) is 4.98 Å². The van der Waals surface area contributed by atoms with Gasteiger partial charge in [0.15, 0.2) is 5.13 Å². The van der Waals surface area contributed by atoms with Crippen LogP contribution in [0.2, 0.25) is 0 Å². The van der Waals surface area contributed by atoms with Crippen LogP contribution in [0.4, 0.5) is 5.13 Å². The van der Waals surface area contributed by atoms with Gasteiger partial charge in [-0.15, -0.1) is 16.4 Å². The van der Waals surface area contributed by atoms with Crippen molar-refractivity contribution >= 4 is 34.1 Å². The standard InChI is InChI=1S/C16H17N7O2S/c1-9-8-10(2)23-15(18-9)19-12(21-23)14(25)22-6-3-4-11(22)13(24)20-16-17-5-7-26-16/h5,7-8,11H,3-4,6H2,1-2H3,(H,17,20,24). The molecule has 0 bridgehead atoms. The molecular weight excluding hydrogens is 354 g/mol. The second kappa shape index (κ2) is 6.45. The Bertz CT molecular complexity index is 982. The molecule has 26 heavy (non-hydrogen) atoms. The number of hydrogen-bond acceptors (Lipinski definition) is 7. The van der Waals surface area contributed by atoms with Crippen molar-refractivity contribution in [1.82, 2.24) is 29.5 Å². The van der Waals surface area contributed by atoms with Crippen molar-refractivity contribution in [2.24, 2.45) is 0 Å². The van der Waals surface area contributed by atoms with E-state index in [1.807, 2.05) is 19.9 Å². The highest BCUT2D eigenvalue weighted by Gasteiger charge is 2.36. The summed E-state index contributed by atoms with van der Waals surface area (Å²) in [6.45, 7) is 4.24. The average molecular weight is 371 g/mol. The second-order valence-corrected chi connectivity index (χ2v) is 7.06. The Morgan fingerprint density at radius 3 is 2.92 bits per heavy atom. The third-order valence-electron chi connectivity index (χ3n) is 4.29. The first-order chi connectivity index (χ1) is 12.5. The Kier molecular flexibility index (Phi) is 4.11. The van der Waals surface area contributed by atoms with Crippen molar-refractivity contribution < 1.29 is 9.59 Å². The molecule has 4 heterocycles. The molecule has 134 valence electrons. The first-order valence-electron chi connectivity index (χ1n) is 8.25. The molecule has 1 unspecified atom stereocenters. The molecule has 1 aliphatic rings. The van der Waals surface area contributed by atoms with Crippen molar-refractivity contribution in [2.45, 2.75) is 32.7 Å². The number of anilines is 1. The van der Waals surface area contributed by atoms with Crippen LogP contribution in [0.1, 0.15) is 34.8 Å². The van der Waals surface area contributed by atoms with Gasteiger partial charge in [-0.25, -0.2) is 14.5 Å². The van der Waals surface area contributed by atoms with Crippen LogP contribution in [0.3, 0.4) is 0 Å². The molecule has 0 saturated carbocycles. The predicted molar refractivity (Wildman–Crippen MR) is 95.1 cm³/mol. The van der Waals surface area contributed by atoms with Gasteiger partial charge in [0.2, 0.25) is 11.7 Å². The van der Waals surface area contributed by atoms with E-state index in [0.29, 0.717) is 23.9 Å². The fraction of sp³-hybridized carbons (Fsp3) is 0.375. The number of carbonyl (C=O) groups is 2. The molecule has 1 N–H and O–H groups in total. The minimum Gasteiger partial charge on any atom is -0.324 e. The molecule has 1 saturated heterocycles. The molecule has 1 atom stereocenters. The zero-order valence-corrected chi connectivity index (χ0v) is 15.2. The molecule has 1 aliphatic heterocycles. The number of aromatic nitrogens is 5. The fourth-order valence-corrected chi connectivity index (χ4v) is 3.67. The number of nitrogens with one attached hydrogen (secondary N) is 1. The van der Waals surface area contributed by atoms with E-state index in [9.17, 15) is 9.59 Å². The largest absolute Gasteiger partial charge is 0.324 e. The summed E-state index contributed by atoms with van der Waals surface area (Å²) in [6.07, 6.45) is 2.98. The number of likely N-dealkylation sites (tertiary alicyclic amines) is 1. The maximum Gasteiger partial charge on any atom is 0.294 e. The summed E-state index contributed by atoms with van der Waals surface area (Å²) < 4.78 is 1.54. The van der Waals surface area contributed by atoms with Crippen molar-refractivity contribution in [2.75, 3.05) is 11.9 Å². The Morgan fingerprint density at radius 2 is 2.15 bits per heavy atom. The number of thiazole rings is 1. The lowest BCUT2D eigenvalue weighted by Gasteiger charge is -2.22. The molecule has 3 aromatic rings. The Labute approximate surface area is 153 Å². The van der Waals surface area contributed by atoms with E-state index in [2.05, 4.69) is 25.4 Å². The molecule has 0 spiro atoms. The number of nitrogens with zero attached hydrogens (tertiary/aromatic N) is 6. The smallest absolute Gasteiger partial charge is 0.294 e. The lowest BCUT2D eigenvalue weighted by atomic mass is 10.2. The zero-order valence-electron chi connectivity index (χ0n) is 14.3. The Hall–Kier alpha value is -2.88. The molecule has 4 rings (SSSR count). The number of hydrogen-bond donors (Lipinski definition) is 1. The number of fused-ring (bicyclic) bond motifs is 1. The van der Waals surface area contributed by atoms with Gasteiger partial charge in [-0.05, 0) is 32.8 Å². The van der Waals surface area contributed by atoms with Crippen LogP contribution < -0.4 is 5.32 Å². The predicted octanol–water partition coefficient (Wildman–Crippen LogP) is 1.44. The van der Waals surface area contributed by atoms with E-state index >= 15 is 0 Å². The number of rotatable bonds is 3. The van der Waals surface area contributed by atoms with Crippen molar-refractivity contribution in [3.63, 3.8) is 0 Å². The van der Waals surface area contributed by atoms with Gasteiger partial charge in [0.25, 0.3) is 11.7 Å². The molecule has 1 fully saturated rings. The lowest BCUT2D eigenvalue weighted by Crippen LogP contribution is -2.43. The van der Waals surface area contributed by atoms with E-state index in [-0.39, 0.29) is 17.6 Å². The van der Waals surface area contributed by atoms with E-state index in [1.165, 1.54) is 16.2 Å². The summed E-state index contributed by atoms with van der Waals surface area (Å²) in [4.78, 5) is 39.6. The van der Waals surface area contributed by atoms with Gasteiger partial charge in [0.05, 0.1) is 0 Å². The summed E-state index contributed by atoms with van der Waals surface area (Å²) in [7, 11) is 0. The summed E-state index contributed by atoms with van der Waals surface area (Å²) in [5, 5.41) is 9.34. The number of aryl methyl sites for hydroxylation is 2. The summed E-state index contributed by atoms with van der Waals surface area (Å²) in [6, 6.07) is 1.32. The average Bonchev–Trinajstić information content (AvgIpc) is 3.33. The Morgan fingerprint density at radius 1 is 1.31 bits per heavy atom. The van der Waals surface area contributed by atoms with Crippen LogP contribution in [0, 0.1) is 13.8 Å². The van der Waals surface area contributed by atoms with Crippen molar-refractivity contribution in [3.05, 3.63) is 34.9 Å². The first-order valence-corrected chi connectivity index (χ1v) is 9.13. The molecule has 2 amide bonds. The van der Waals surface area contributed by atoms with E-state index in [4.69, 9.17) is 0 Å². The summed E-state index contributed by atoms with van der Waals surface area (Å²) in [5.74, 6) is -0.155. The third-order valence-corrected chi connectivity index (χ3v) is 4.98.